The van der Waals surface area contributed by atoms with Crippen LogP contribution in [0.4, 0.5) is 0 Å². The SMILES string of the molecule is CC(C)C(NCC(O)c1ccsc1)c1ccc2c(c1)CCO2. The summed E-state index contributed by atoms with van der Waals surface area (Å²) in [5, 5.41) is 17.8. The van der Waals surface area contributed by atoms with Crippen molar-refractivity contribution in [3.8, 4) is 5.75 Å². The summed E-state index contributed by atoms with van der Waals surface area (Å²) >= 11 is 1.62. The average Bonchev–Trinajstić information content (AvgIpc) is 3.17. The lowest BCUT2D eigenvalue weighted by molar-refractivity contribution is 0.166. The molecule has 2 unspecified atom stereocenters. The molecule has 3 nitrogen and oxygen atoms in total. The van der Waals surface area contributed by atoms with Gasteiger partial charge >= 0.3 is 0 Å². The molecular formula is C18H23NO2S. The molecule has 1 aliphatic rings. The number of rotatable bonds is 6. The molecule has 0 aliphatic carbocycles. The van der Waals surface area contributed by atoms with Gasteiger partial charge in [-0.25, -0.2) is 0 Å². The van der Waals surface area contributed by atoms with Crippen molar-refractivity contribution in [1.29, 1.82) is 0 Å². The fraction of sp³-hybridized carbons (Fsp3) is 0.444. The highest BCUT2D eigenvalue weighted by atomic mass is 32.1. The van der Waals surface area contributed by atoms with Crippen LogP contribution in [0.2, 0.25) is 0 Å². The summed E-state index contributed by atoms with van der Waals surface area (Å²) in [6.07, 6.45) is 0.538. The van der Waals surface area contributed by atoms with E-state index in [1.807, 2.05) is 16.8 Å². The number of fused-ring (bicyclic) bond motifs is 1. The molecule has 118 valence electrons. The molecule has 0 bridgehead atoms. The molecule has 3 rings (SSSR count). The maximum atomic E-state index is 10.3. The number of hydrogen-bond donors (Lipinski definition) is 2. The molecule has 0 radical (unpaired) electrons. The van der Waals surface area contributed by atoms with Gasteiger partial charge in [-0.3, -0.25) is 0 Å². The number of aliphatic hydroxyl groups is 1. The molecule has 2 heterocycles. The zero-order valence-electron chi connectivity index (χ0n) is 13.1. The molecule has 1 aliphatic heterocycles. The van der Waals surface area contributed by atoms with E-state index in [1.54, 1.807) is 11.3 Å². The van der Waals surface area contributed by atoms with Crippen LogP contribution in [0, 0.1) is 5.92 Å². The van der Waals surface area contributed by atoms with Crippen molar-refractivity contribution in [3.05, 3.63) is 51.7 Å². The zero-order valence-corrected chi connectivity index (χ0v) is 13.9. The fourth-order valence-electron chi connectivity index (χ4n) is 2.96. The number of aliphatic hydroxyl groups excluding tert-OH is 1. The van der Waals surface area contributed by atoms with E-state index in [4.69, 9.17) is 4.74 Å². The van der Waals surface area contributed by atoms with E-state index in [2.05, 4.69) is 37.4 Å². The van der Waals surface area contributed by atoms with Crippen LogP contribution in [0.5, 0.6) is 5.75 Å². The van der Waals surface area contributed by atoms with Gasteiger partial charge in [-0.1, -0.05) is 26.0 Å². The minimum absolute atomic E-state index is 0.235. The minimum atomic E-state index is -0.453. The molecule has 2 atom stereocenters. The summed E-state index contributed by atoms with van der Waals surface area (Å²) in [6, 6.07) is 8.67. The summed E-state index contributed by atoms with van der Waals surface area (Å²) in [5.41, 5.74) is 3.56. The van der Waals surface area contributed by atoms with Crippen LogP contribution in [-0.4, -0.2) is 18.3 Å². The predicted octanol–water partition coefficient (Wildman–Crippen LogP) is 3.70. The van der Waals surface area contributed by atoms with Gasteiger partial charge in [0.2, 0.25) is 0 Å². The highest BCUT2D eigenvalue weighted by molar-refractivity contribution is 7.07. The van der Waals surface area contributed by atoms with Crippen molar-refractivity contribution in [2.45, 2.75) is 32.4 Å². The van der Waals surface area contributed by atoms with Crippen LogP contribution in [-0.2, 0) is 6.42 Å². The summed E-state index contributed by atoms with van der Waals surface area (Å²) < 4.78 is 5.58. The summed E-state index contributed by atoms with van der Waals surface area (Å²) in [6.45, 7) is 5.76. The Labute approximate surface area is 136 Å². The molecule has 0 saturated carbocycles. The van der Waals surface area contributed by atoms with Gasteiger partial charge in [0, 0.05) is 19.0 Å². The lowest BCUT2D eigenvalue weighted by Gasteiger charge is -2.25. The van der Waals surface area contributed by atoms with Crippen molar-refractivity contribution in [2.75, 3.05) is 13.2 Å². The highest BCUT2D eigenvalue weighted by Gasteiger charge is 2.20. The van der Waals surface area contributed by atoms with Crippen molar-refractivity contribution in [1.82, 2.24) is 5.32 Å². The van der Waals surface area contributed by atoms with Crippen molar-refractivity contribution < 1.29 is 9.84 Å². The zero-order chi connectivity index (χ0) is 15.5. The summed E-state index contributed by atoms with van der Waals surface area (Å²) in [4.78, 5) is 0. The molecular weight excluding hydrogens is 294 g/mol. The van der Waals surface area contributed by atoms with E-state index in [0.29, 0.717) is 12.5 Å². The van der Waals surface area contributed by atoms with Gasteiger partial charge in [-0.15, -0.1) is 0 Å². The van der Waals surface area contributed by atoms with E-state index in [9.17, 15) is 5.11 Å². The molecule has 2 N–H and O–H groups in total. The lowest BCUT2D eigenvalue weighted by Crippen LogP contribution is -2.29. The number of hydrogen-bond acceptors (Lipinski definition) is 4. The second kappa shape index (κ2) is 6.82. The van der Waals surface area contributed by atoms with E-state index in [1.165, 1.54) is 11.1 Å². The molecule has 0 fully saturated rings. The Morgan fingerprint density at radius 2 is 2.14 bits per heavy atom. The number of thiophene rings is 1. The van der Waals surface area contributed by atoms with E-state index in [0.717, 1.165) is 24.3 Å². The topological polar surface area (TPSA) is 41.5 Å². The molecule has 2 aromatic rings. The Hall–Kier alpha value is -1.36. The Morgan fingerprint density at radius 1 is 1.27 bits per heavy atom. The molecule has 0 saturated heterocycles. The van der Waals surface area contributed by atoms with E-state index >= 15 is 0 Å². The first-order valence-electron chi connectivity index (χ1n) is 7.84. The van der Waals surface area contributed by atoms with Crippen LogP contribution in [0.3, 0.4) is 0 Å². The first-order chi connectivity index (χ1) is 10.6. The predicted molar refractivity (Wildman–Crippen MR) is 90.5 cm³/mol. The van der Waals surface area contributed by atoms with Crippen molar-refractivity contribution >= 4 is 11.3 Å². The second-order valence-electron chi connectivity index (χ2n) is 6.17. The van der Waals surface area contributed by atoms with E-state index in [-0.39, 0.29) is 6.04 Å². The second-order valence-corrected chi connectivity index (χ2v) is 6.95. The third-order valence-electron chi connectivity index (χ3n) is 4.20. The van der Waals surface area contributed by atoms with Crippen LogP contribution in [0.1, 0.15) is 42.7 Å². The molecule has 1 aromatic heterocycles. The third-order valence-corrected chi connectivity index (χ3v) is 4.90. The Kier molecular flexibility index (Phi) is 4.81. The standard InChI is InChI=1S/C18H23NO2S/c1-12(2)18(19-10-16(20)15-6-8-22-11-15)14-3-4-17-13(9-14)5-7-21-17/h3-4,6,8-9,11-12,16,18-20H,5,7,10H2,1-2H3. The van der Waals surface area contributed by atoms with Gasteiger partial charge < -0.3 is 15.2 Å². The van der Waals surface area contributed by atoms with Gasteiger partial charge in [0.15, 0.2) is 0 Å². The first kappa shape index (κ1) is 15.5. The summed E-state index contributed by atoms with van der Waals surface area (Å²) in [5.74, 6) is 1.47. The Balaban J connectivity index is 1.70. The van der Waals surface area contributed by atoms with Gasteiger partial charge in [0.05, 0.1) is 12.7 Å². The van der Waals surface area contributed by atoms with E-state index < -0.39 is 6.10 Å². The normalized spacial score (nSPS) is 16.4. The van der Waals surface area contributed by atoms with Crippen molar-refractivity contribution in [3.63, 3.8) is 0 Å². The quantitative estimate of drug-likeness (QED) is 0.853. The molecule has 22 heavy (non-hydrogen) atoms. The number of ether oxygens (including phenoxy) is 1. The van der Waals surface area contributed by atoms with Gasteiger partial charge in [0.25, 0.3) is 0 Å². The molecule has 1 aromatic carbocycles. The number of benzene rings is 1. The van der Waals surface area contributed by atoms with Crippen LogP contribution < -0.4 is 10.1 Å². The van der Waals surface area contributed by atoms with Crippen LogP contribution in [0.25, 0.3) is 0 Å². The molecule has 0 spiro atoms. The smallest absolute Gasteiger partial charge is 0.122 e. The largest absolute Gasteiger partial charge is 0.493 e. The highest BCUT2D eigenvalue weighted by Crippen LogP contribution is 2.31. The monoisotopic (exact) mass is 317 g/mol. The van der Waals surface area contributed by atoms with Gasteiger partial charge in [-0.2, -0.15) is 11.3 Å². The van der Waals surface area contributed by atoms with Crippen LogP contribution >= 0.6 is 11.3 Å². The lowest BCUT2D eigenvalue weighted by atomic mass is 9.94. The minimum Gasteiger partial charge on any atom is -0.493 e. The number of nitrogens with one attached hydrogen (secondary N) is 1. The maximum Gasteiger partial charge on any atom is 0.122 e. The summed E-state index contributed by atoms with van der Waals surface area (Å²) in [7, 11) is 0. The molecule has 4 heteroatoms. The third kappa shape index (κ3) is 3.35. The van der Waals surface area contributed by atoms with Crippen molar-refractivity contribution in [2.24, 2.45) is 5.92 Å². The fourth-order valence-corrected chi connectivity index (χ4v) is 3.67. The molecule has 0 amide bonds. The van der Waals surface area contributed by atoms with Gasteiger partial charge in [-0.05, 0) is 45.5 Å². The first-order valence-corrected chi connectivity index (χ1v) is 8.78. The Bertz CT molecular complexity index is 610. The maximum absolute atomic E-state index is 10.3. The Morgan fingerprint density at radius 3 is 2.86 bits per heavy atom. The van der Waals surface area contributed by atoms with Gasteiger partial charge in [0.1, 0.15) is 5.75 Å². The average molecular weight is 317 g/mol. The van der Waals surface area contributed by atoms with Crippen LogP contribution in [0.15, 0.2) is 35.0 Å².